The first-order valence-corrected chi connectivity index (χ1v) is 9.62. The Morgan fingerprint density at radius 3 is 2.39 bits per heavy atom. The minimum Gasteiger partial charge on any atom is -0.349 e. The number of H-pyrrole nitrogens is 1. The summed E-state index contributed by atoms with van der Waals surface area (Å²) in [7, 11) is 0. The average Bonchev–Trinajstić information content (AvgIpc) is 3.17. The number of benzene rings is 2. The molecule has 8 heteroatoms. The van der Waals surface area contributed by atoms with Gasteiger partial charge in [0, 0.05) is 24.1 Å². The lowest BCUT2D eigenvalue weighted by atomic mass is 10.1. The van der Waals surface area contributed by atoms with Gasteiger partial charge in [0.1, 0.15) is 17.2 Å². The highest BCUT2D eigenvalue weighted by Gasteiger charge is 2.19. The number of aromatic nitrogens is 2. The molecule has 0 unspecified atom stereocenters. The van der Waals surface area contributed by atoms with Gasteiger partial charge < -0.3 is 10.3 Å². The Hall–Kier alpha value is -3.42. The number of hydrogen-bond donors (Lipinski definition) is 4. The minimum absolute atomic E-state index is 0. The summed E-state index contributed by atoms with van der Waals surface area (Å²) in [6.45, 7) is 3.83. The molecular formula is C23H25ClN4O3. The third-order valence-electron chi connectivity index (χ3n) is 4.34. The summed E-state index contributed by atoms with van der Waals surface area (Å²) in [5.74, 6) is -0.0914. The van der Waals surface area contributed by atoms with Crippen LogP contribution in [0.15, 0.2) is 60.7 Å². The molecule has 4 N–H and O–H groups in total. The molecule has 0 radical (unpaired) electrons. The average molecular weight is 441 g/mol. The maximum Gasteiger partial charge on any atom is 0.270 e. The lowest BCUT2D eigenvalue weighted by molar-refractivity contribution is -0.124. The topological polar surface area (TPSA) is 107 Å². The normalized spacial score (nSPS) is 10.7. The fraction of sp³-hybridized carbons (Fsp3) is 0.174. The van der Waals surface area contributed by atoms with Crippen molar-refractivity contribution in [1.29, 1.82) is 0 Å². The van der Waals surface area contributed by atoms with Gasteiger partial charge in [0.05, 0.1) is 0 Å². The first-order chi connectivity index (χ1) is 14.5. The number of aromatic amines is 1. The molecule has 0 aliphatic heterocycles. The zero-order valence-corrected chi connectivity index (χ0v) is 18.1. The van der Waals surface area contributed by atoms with Gasteiger partial charge in [-0.3, -0.25) is 14.8 Å². The highest BCUT2D eigenvalue weighted by atomic mass is 35.5. The van der Waals surface area contributed by atoms with Gasteiger partial charge in [-0.1, -0.05) is 54.6 Å². The molecule has 31 heavy (non-hydrogen) atoms. The van der Waals surface area contributed by atoms with Crippen LogP contribution in [0.2, 0.25) is 0 Å². The Morgan fingerprint density at radius 2 is 1.77 bits per heavy atom. The van der Waals surface area contributed by atoms with E-state index in [4.69, 9.17) is 5.21 Å². The van der Waals surface area contributed by atoms with Crippen LogP contribution in [0.3, 0.4) is 0 Å². The molecule has 2 aromatic carbocycles. The number of carbonyl (C=O) groups is 2. The molecule has 0 spiro atoms. The van der Waals surface area contributed by atoms with Gasteiger partial charge in [-0.05, 0) is 31.1 Å². The van der Waals surface area contributed by atoms with E-state index in [1.54, 1.807) is 11.6 Å². The number of imidazole rings is 1. The minimum atomic E-state index is -0.588. The van der Waals surface area contributed by atoms with Crippen LogP contribution in [-0.2, 0) is 11.2 Å². The quantitative estimate of drug-likeness (QED) is 0.255. The van der Waals surface area contributed by atoms with Gasteiger partial charge in [0.2, 0.25) is 0 Å². The standard InChI is InChI=1S/C23H24N4O3.ClH/c1-15(2)24-23(29)22-21(18-6-4-3-5-7-18)25-19(26-22)14-17-10-8-16(9-11-17)12-13-20(28)27-30;/h3-13,15,30H,14H2,1-2H3,(H,24,29)(H,25,26)(H,27,28);1H/b13-12+;. The molecule has 1 aromatic heterocycles. The fourth-order valence-electron chi connectivity index (χ4n) is 2.96. The van der Waals surface area contributed by atoms with Crippen molar-refractivity contribution in [2.45, 2.75) is 26.3 Å². The Labute approximate surface area is 187 Å². The second-order valence-corrected chi connectivity index (χ2v) is 7.13. The lowest BCUT2D eigenvalue weighted by Crippen LogP contribution is -2.30. The number of rotatable bonds is 7. The molecule has 2 amide bonds. The second kappa shape index (κ2) is 11.1. The van der Waals surface area contributed by atoms with Crippen LogP contribution in [-0.4, -0.2) is 33.0 Å². The molecule has 0 bridgehead atoms. The van der Waals surface area contributed by atoms with E-state index in [0.717, 1.165) is 16.7 Å². The fourth-order valence-corrected chi connectivity index (χ4v) is 2.96. The number of hydrogen-bond acceptors (Lipinski definition) is 4. The molecule has 3 rings (SSSR count). The maximum atomic E-state index is 12.7. The van der Waals surface area contributed by atoms with E-state index in [0.29, 0.717) is 23.6 Å². The molecule has 0 saturated heterocycles. The van der Waals surface area contributed by atoms with E-state index < -0.39 is 5.91 Å². The molecule has 0 atom stereocenters. The highest BCUT2D eigenvalue weighted by Crippen LogP contribution is 2.23. The van der Waals surface area contributed by atoms with Gasteiger partial charge in [-0.25, -0.2) is 10.5 Å². The van der Waals surface area contributed by atoms with E-state index in [1.165, 1.54) is 6.08 Å². The molecule has 1 heterocycles. The molecule has 3 aromatic rings. The van der Waals surface area contributed by atoms with Crippen LogP contribution >= 0.6 is 12.4 Å². The third kappa shape index (κ3) is 6.53. The molecular weight excluding hydrogens is 416 g/mol. The SMILES string of the molecule is CC(C)NC(=O)c1[nH]c(Cc2ccc(/C=C/C(=O)NO)cc2)nc1-c1ccccc1.Cl. The van der Waals surface area contributed by atoms with Crippen LogP contribution in [0.5, 0.6) is 0 Å². The van der Waals surface area contributed by atoms with Gasteiger partial charge >= 0.3 is 0 Å². The number of carbonyl (C=O) groups excluding carboxylic acids is 2. The van der Waals surface area contributed by atoms with Gasteiger partial charge in [-0.15, -0.1) is 12.4 Å². The van der Waals surface area contributed by atoms with Crippen molar-refractivity contribution < 1.29 is 14.8 Å². The summed E-state index contributed by atoms with van der Waals surface area (Å²) < 4.78 is 0. The number of nitrogens with zero attached hydrogens (tertiary/aromatic N) is 1. The van der Waals surface area contributed by atoms with E-state index in [-0.39, 0.29) is 24.4 Å². The Balaban J connectivity index is 0.00000341. The Morgan fingerprint density at radius 1 is 1.10 bits per heavy atom. The molecule has 7 nitrogen and oxygen atoms in total. The van der Waals surface area contributed by atoms with Crippen LogP contribution in [0.4, 0.5) is 0 Å². The zero-order chi connectivity index (χ0) is 21.5. The number of nitrogens with one attached hydrogen (secondary N) is 3. The summed E-state index contributed by atoms with van der Waals surface area (Å²) in [6, 6.07) is 17.2. The van der Waals surface area contributed by atoms with Crippen molar-refractivity contribution in [3.05, 3.63) is 83.3 Å². The predicted molar refractivity (Wildman–Crippen MR) is 122 cm³/mol. The maximum absolute atomic E-state index is 12.7. The van der Waals surface area contributed by atoms with E-state index in [9.17, 15) is 9.59 Å². The zero-order valence-electron chi connectivity index (χ0n) is 17.3. The molecule has 0 saturated carbocycles. The molecule has 162 valence electrons. The van der Waals surface area contributed by atoms with E-state index in [1.807, 2.05) is 68.4 Å². The summed E-state index contributed by atoms with van der Waals surface area (Å²) >= 11 is 0. The smallest absolute Gasteiger partial charge is 0.270 e. The lowest BCUT2D eigenvalue weighted by Gasteiger charge is -2.08. The van der Waals surface area contributed by atoms with Crippen molar-refractivity contribution in [2.24, 2.45) is 0 Å². The van der Waals surface area contributed by atoms with Crippen molar-refractivity contribution in [1.82, 2.24) is 20.8 Å². The number of halogens is 1. The highest BCUT2D eigenvalue weighted by molar-refractivity contribution is 5.98. The predicted octanol–water partition coefficient (Wildman–Crippen LogP) is 3.75. The number of hydroxylamine groups is 1. The van der Waals surface area contributed by atoms with Crippen molar-refractivity contribution in [2.75, 3.05) is 0 Å². The summed E-state index contributed by atoms with van der Waals surface area (Å²) in [5.41, 5.74) is 5.32. The van der Waals surface area contributed by atoms with E-state index in [2.05, 4.69) is 15.3 Å². The van der Waals surface area contributed by atoms with Crippen LogP contribution in [0.1, 0.15) is 41.3 Å². The van der Waals surface area contributed by atoms with Crippen molar-refractivity contribution in [3.8, 4) is 11.3 Å². The van der Waals surface area contributed by atoms with Gasteiger partial charge in [-0.2, -0.15) is 0 Å². The summed E-state index contributed by atoms with van der Waals surface area (Å²) in [5, 5.41) is 11.4. The van der Waals surface area contributed by atoms with Crippen LogP contribution in [0.25, 0.3) is 17.3 Å². The third-order valence-corrected chi connectivity index (χ3v) is 4.34. The van der Waals surface area contributed by atoms with Crippen LogP contribution in [0, 0.1) is 0 Å². The first kappa shape index (κ1) is 23.9. The van der Waals surface area contributed by atoms with Gasteiger partial charge in [0.25, 0.3) is 11.8 Å². The largest absolute Gasteiger partial charge is 0.349 e. The Bertz CT molecular complexity index is 1040. The van der Waals surface area contributed by atoms with Crippen molar-refractivity contribution in [3.63, 3.8) is 0 Å². The molecule has 0 aliphatic rings. The molecule has 0 aliphatic carbocycles. The first-order valence-electron chi connectivity index (χ1n) is 9.62. The second-order valence-electron chi connectivity index (χ2n) is 7.13. The van der Waals surface area contributed by atoms with Gasteiger partial charge in [0.15, 0.2) is 0 Å². The molecule has 0 fully saturated rings. The monoisotopic (exact) mass is 440 g/mol. The summed E-state index contributed by atoms with van der Waals surface area (Å²) in [4.78, 5) is 31.6. The van der Waals surface area contributed by atoms with Crippen LogP contribution < -0.4 is 10.8 Å². The van der Waals surface area contributed by atoms with Crippen molar-refractivity contribution >= 4 is 30.3 Å². The van der Waals surface area contributed by atoms with E-state index >= 15 is 0 Å². The Kier molecular flexibility index (Phi) is 8.54. The summed E-state index contributed by atoms with van der Waals surface area (Å²) in [6.07, 6.45) is 3.37. The number of amides is 2.